The number of fused-ring (bicyclic) bond motifs is 4. The third-order valence-electron chi connectivity index (χ3n) is 12.4. The van der Waals surface area contributed by atoms with Gasteiger partial charge in [0.1, 0.15) is 17.7 Å². The van der Waals surface area contributed by atoms with Crippen molar-refractivity contribution in [2.24, 2.45) is 4.99 Å². The molecule has 0 aliphatic carbocycles. The zero-order valence-corrected chi connectivity index (χ0v) is 33.2. The predicted molar refractivity (Wildman–Crippen MR) is 250 cm³/mol. The summed E-state index contributed by atoms with van der Waals surface area (Å²) >= 11 is 0. The van der Waals surface area contributed by atoms with Crippen LogP contribution in [0.3, 0.4) is 0 Å². The van der Waals surface area contributed by atoms with Gasteiger partial charge in [-0.25, -0.2) is 19.4 Å². The van der Waals surface area contributed by atoms with Crippen LogP contribution in [0.5, 0.6) is 0 Å². The van der Waals surface area contributed by atoms with Gasteiger partial charge < -0.3 is 0 Å². The minimum absolute atomic E-state index is 0.223. The lowest BCUT2D eigenvalue weighted by Gasteiger charge is -2.36. The fraction of sp³-hybridized carbons (Fsp3) is 0.0741. The molecule has 0 bridgehead atoms. The predicted octanol–water partition coefficient (Wildman–Crippen LogP) is 12.8. The van der Waals surface area contributed by atoms with Gasteiger partial charge in [-0.2, -0.15) is 0 Å². The number of aliphatic imine (C=N–C) groups is 1. The highest BCUT2D eigenvalue weighted by Crippen LogP contribution is 2.54. The molecule has 8 aromatic carbocycles. The first-order valence-corrected chi connectivity index (χ1v) is 20.5. The van der Waals surface area contributed by atoms with Crippen molar-refractivity contribution in [2.75, 3.05) is 20.3 Å². The molecule has 10 aromatic rings. The minimum atomic E-state index is 0.223. The van der Waals surface area contributed by atoms with E-state index in [0.717, 1.165) is 50.9 Å². The summed E-state index contributed by atoms with van der Waals surface area (Å²) in [6.07, 6.45) is 7.40. The Morgan fingerprint density at radius 3 is 1.72 bits per heavy atom. The van der Waals surface area contributed by atoms with Gasteiger partial charge in [-0.3, -0.25) is 10.3 Å². The molecule has 60 heavy (non-hydrogen) atoms. The molecule has 0 amide bonds. The van der Waals surface area contributed by atoms with Crippen LogP contribution < -0.4 is 9.80 Å². The highest BCUT2D eigenvalue weighted by atomic mass is 15.3. The van der Waals surface area contributed by atoms with E-state index in [4.69, 9.17) is 4.98 Å². The second-order valence-corrected chi connectivity index (χ2v) is 15.7. The quantitative estimate of drug-likeness (QED) is 0.129. The fourth-order valence-electron chi connectivity index (χ4n) is 9.37. The first-order chi connectivity index (χ1) is 29.6. The normalized spacial score (nSPS) is 15.1. The molecule has 3 heterocycles. The average Bonchev–Trinajstić information content (AvgIpc) is 3.33. The maximum absolute atomic E-state index is 5.17. The average molecular weight is 774 g/mol. The molecule has 0 radical (unpaired) electrons. The van der Waals surface area contributed by atoms with Crippen LogP contribution in [-0.2, 0) is 0 Å². The van der Waals surface area contributed by atoms with Crippen LogP contribution in [0.1, 0.15) is 11.5 Å². The molecular weight excluding hydrogens is 733 g/mol. The highest BCUT2D eigenvalue weighted by molar-refractivity contribution is 6.27. The number of para-hydroxylation sites is 2. The molecule has 6 heteroatoms. The van der Waals surface area contributed by atoms with E-state index >= 15 is 0 Å². The Hall–Kier alpha value is -7.38. The number of benzene rings is 8. The number of nitrogens with one attached hydrogen (secondary N) is 1. The SMILES string of the molecule is C[N+](c1ccc(-c2cncnc2)cc1)(c1ccc(C2C=NCNC2)cc1)c1c2ccccc2c(-c2c3ccccc3nc3ccccc23)c2cc(-c3ccccc3)ccc12. The molecule has 2 aromatic heterocycles. The highest BCUT2D eigenvalue weighted by Gasteiger charge is 2.37. The number of rotatable bonds is 7. The maximum atomic E-state index is 5.17. The van der Waals surface area contributed by atoms with Crippen molar-refractivity contribution in [3.63, 3.8) is 0 Å². The summed E-state index contributed by atoms with van der Waals surface area (Å²) in [6.45, 7) is 1.54. The standard InChI is InChI=1S/C54H41N6/c1-60(42-24-19-37(20-25-42)40-30-55-34-56-31-40,43-26-21-38(22-27-43)41-32-57-35-58-33-41)54-45-14-6-5-13-44(45)52(49-29-39(23-28-46(49)54)36-11-3-2-4-12-36)53-47-15-7-9-17-50(47)59-51-18-10-8-16-48(51)53/h2-32,34,41,58H,33,35H2,1H3/q+1. The molecule has 1 aliphatic rings. The van der Waals surface area contributed by atoms with Gasteiger partial charge in [0, 0.05) is 88.0 Å². The third-order valence-corrected chi connectivity index (χ3v) is 12.4. The summed E-state index contributed by atoms with van der Waals surface area (Å²) in [5, 5.41) is 10.5. The Morgan fingerprint density at radius 1 is 0.500 bits per heavy atom. The van der Waals surface area contributed by atoms with Gasteiger partial charge in [0.05, 0.1) is 24.7 Å². The van der Waals surface area contributed by atoms with Crippen molar-refractivity contribution in [3.8, 4) is 33.4 Å². The van der Waals surface area contributed by atoms with E-state index in [2.05, 4.69) is 203 Å². The Bertz CT molecular complexity index is 3180. The molecule has 11 rings (SSSR count). The molecule has 6 nitrogen and oxygen atoms in total. The van der Waals surface area contributed by atoms with Crippen LogP contribution >= 0.6 is 0 Å². The number of hydrogen-bond acceptors (Lipinski definition) is 5. The smallest absolute Gasteiger partial charge is 0.158 e. The first kappa shape index (κ1) is 35.8. The van der Waals surface area contributed by atoms with Gasteiger partial charge in [0.25, 0.3) is 0 Å². The summed E-state index contributed by atoms with van der Waals surface area (Å²) < 4.78 is 0.419. The van der Waals surface area contributed by atoms with Crippen LogP contribution in [-0.4, -0.2) is 41.4 Å². The first-order valence-electron chi connectivity index (χ1n) is 20.5. The summed E-state index contributed by atoms with van der Waals surface area (Å²) in [7, 11) is 2.35. The Labute approximate surface area is 348 Å². The van der Waals surface area contributed by atoms with Gasteiger partial charge in [-0.15, -0.1) is 0 Å². The van der Waals surface area contributed by atoms with Crippen molar-refractivity contribution in [2.45, 2.75) is 5.92 Å². The van der Waals surface area contributed by atoms with E-state index in [0.29, 0.717) is 11.2 Å². The Kier molecular flexibility index (Phi) is 8.80. The second-order valence-electron chi connectivity index (χ2n) is 15.7. The molecule has 0 saturated carbocycles. The van der Waals surface area contributed by atoms with Crippen LogP contribution in [0, 0.1) is 0 Å². The zero-order valence-electron chi connectivity index (χ0n) is 33.2. The summed E-state index contributed by atoms with van der Waals surface area (Å²) in [6, 6.07) is 62.1. The van der Waals surface area contributed by atoms with Crippen molar-refractivity contribution in [1.82, 2.24) is 24.8 Å². The van der Waals surface area contributed by atoms with Gasteiger partial charge in [0.15, 0.2) is 5.69 Å². The van der Waals surface area contributed by atoms with Crippen LogP contribution in [0.25, 0.3) is 76.7 Å². The molecule has 0 saturated heterocycles. The van der Waals surface area contributed by atoms with Gasteiger partial charge in [-0.05, 0) is 81.1 Å². The monoisotopic (exact) mass is 773 g/mol. The number of quaternary nitrogens is 1. The van der Waals surface area contributed by atoms with Crippen molar-refractivity contribution in [1.29, 1.82) is 0 Å². The van der Waals surface area contributed by atoms with Gasteiger partial charge >= 0.3 is 0 Å². The van der Waals surface area contributed by atoms with Crippen LogP contribution in [0.2, 0.25) is 0 Å². The van der Waals surface area contributed by atoms with E-state index in [-0.39, 0.29) is 5.92 Å². The number of pyridine rings is 1. The summed E-state index contributed by atoms with van der Waals surface area (Å²) in [5.41, 5.74) is 13.5. The molecule has 1 N–H and O–H groups in total. The fourth-order valence-corrected chi connectivity index (χ4v) is 9.37. The lowest BCUT2D eigenvalue weighted by Crippen LogP contribution is -2.34. The van der Waals surface area contributed by atoms with Crippen molar-refractivity contribution >= 4 is 66.6 Å². The topological polar surface area (TPSA) is 63.1 Å². The van der Waals surface area contributed by atoms with Crippen molar-refractivity contribution < 1.29 is 0 Å². The molecule has 1 aliphatic heterocycles. The van der Waals surface area contributed by atoms with E-state index in [1.807, 2.05) is 12.4 Å². The number of aromatic nitrogens is 3. The lowest BCUT2D eigenvalue weighted by molar-refractivity contribution is 0.634. The molecule has 286 valence electrons. The van der Waals surface area contributed by atoms with Crippen LogP contribution in [0.4, 0.5) is 17.1 Å². The van der Waals surface area contributed by atoms with E-state index in [1.165, 1.54) is 55.0 Å². The lowest BCUT2D eigenvalue weighted by atomic mass is 9.85. The number of hydrogen-bond donors (Lipinski definition) is 1. The molecule has 2 atom stereocenters. The molecule has 0 fully saturated rings. The minimum Gasteiger partial charge on any atom is -0.297 e. The zero-order chi connectivity index (χ0) is 40.0. The Morgan fingerprint density at radius 2 is 1.05 bits per heavy atom. The largest absolute Gasteiger partial charge is 0.297 e. The van der Waals surface area contributed by atoms with E-state index in [1.54, 1.807) is 6.33 Å². The molecule has 0 spiro atoms. The molecule has 2 unspecified atom stereocenters. The molecular formula is C54H41N6+. The Balaban J connectivity index is 1.26. The second kappa shape index (κ2) is 14.8. The maximum Gasteiger partial charge on any atom is 0.158 e. The van der Waals surface area contributed by atoms with E-state index in [9.17, 15) is 0 Å². The van der Waals surface area contributed by atoms with Crippen LogP contribution in [0.15, 0.2) is 194 Å². The third kappa shape index (κ3) is 5.96. The van der Waals surface area contributed by atoms with Gasteiger partial charge in [0.2, 0.25) is 0 Å². The number of nitrogens with zero attached hydrogens (tertiary/aromatic N) is 5. The van der Waals surface area contributed by atoms with Crippen molar-refractivity contribution in [3.05, 3.63) is 194 Å². The van der Waals surface area contributed by atoms with Gasteiger partial charge in [-0.1, -0.05) is 103 Å². The summed E-state index contributed by atoms with van der Waals surface area (Å²) in [4.78, 5) is 18.3. The van der Waals surface area contributed by atoms with E-state index < -0.39 is 0 Å². The summed E-state index contributed by atoms with van der Waals surface area (Å²) in [5.74, 6) is 0.223.